The van der Waals surface area contributed by atoms with Crippen molar-refractivity contribution in [2.75, 3.05) is 40.3 Å². The zero-order chi connectivity index (χ0) is 18.4. The van der Waals surface area contributed by atoms with E-state index in [0.29, 0.717) is 5.41 Å². The number of benzene rings is 1. The molecule has 26 heavy (non-hydrogen) atoms. The van der Waals surface area contributed by atoms with Gasteiger partial charge in [0.1, 0.15) is 0 Å². The molecule has 0 radical (unpaired) electrons. The van der Waals surface area contributed by atoms with E-state index in [2.05, 4.69) is 37.1 Å². The maximum atomic E-state index is 12.1. The Bertz CT molecular complexity index is 628. The number of nitrogens with zero attached hydrogens (tertiary/aromatic N) is 3. The summed E-state index contributed by atoms with van der Waals surface area (Å²) in [6, 6.07) is 7.85. The fourth-order valence-electron chi connectivity index (χ4n) is 3.13. The highest BCUT2D eigenvalue weighted by Crippen LogP contribution is 2.28. The fourth-order valence-corrected chi connectivity index (χ4v) is 3.13. The van der Waals surface area contributed by atoms with Crippen molar-refractivity contribution in [1.82, 2.24) is 15.1 Å². The third-order valence-corrected chi connectivity index (χ3v) is 4.55. The molecule has 1 aliphatic rings. The molecule has 1 N–H and O–H groups in total. The van der Waals surface area contributed by atoms with Crippen LogP contribution in [0.2, 0.25) is 0 Å². The topological polar surface area (TPSA) is 47.9 Å². The van der Waals surface area contributed by atoms with Gasteiger partial charge in [0.25, 0.3) is 5.91 Å². The van der Waals surface area contributed by atoms with Gasteiger partial charge < -0.3 is 15.1 Å². The second-order valence-corrected chi connectivity index (χ2v) is 7.72. The van der Waals surface area contributed by atoms with Crippen LogP contribution in [0.4, 0.5) is 0 Å². The summed E-state index contributed by atoms with van der Waals surface area (Å²) < 4.78 is 0. The summed E-state index contributed by atoms with van der Waals surface area (Å²) in [5.41, 5.74) is 2.24. The first kappa shape index (κ1) is 22.7. The third kappa shape index (κ3) is 6.45. The number of aliphatic imine (C=N–C) groups is 1. The van der Waals surface area contributed by atoms with Gasteiger partial charge in [-0.1, -0.05) is 26.0 Å². The van der Waals surface area contributed by atoms with Crippen LogP contribution in [0.3, 0.4) is 0 Å². The molecule has 0 unspecified atom stereocenters. The van der Waals surface area contributed by atoms with Crippen molar-refractivity contribution in [3.05, 3.63) is 35.4 Å². The molecule has 6 heteroatoms. The van der Waals surface area contributed by atoms with Gasteiger partial charge in [0.05, 0.1) is 0 Å². The van der Waals surface area contributed by atoms with E-state index < -0.39 is 0 Å². The minimum Gasteiger partial charge on any atom is -0.357 e. The van der Waals surface area contributed by atoms with Crippen LogP contribution in [0.1, 0.15) is 43.1 Å². The van der Waals surface area contributed by atoms with Crippen molar-refractivity contribution in [3.8, 4) is 0 Å². The second kappa shape index (κ2) is 10.1. The Morgan fingerprint density at radius 1 is 1.35 bits per heavy atom. The largest absolute Gasteiger partial charge is 0.357 e. The number of likely N-dealkylation sites (tertiary alicyclic amines) is 1. The Hall–Kier alpha value is -1.31. The quantitative estimate of drug-likeness (QED) is 0.407. The molecule has 1 aromatic rings. The number of hydrogen-bond donors (Lipinski definition) is 1. The minimum atomic E-state index is 0. The molecule has 0 bridgehead atoms. The summed E-state index contributed by atoms with van der Waals surface area (Å²) in [5.74, 6) is 1.05. The predicted molar refractivity (Wildman–Crippen MR) is 120 cm³/mol. The van der Waals surface area contributed by atoms with Gasteiger partial charge in [0.2, 0.25) is 0 Å². The van der Waals surface area contributed by atoms with Gasteiger partial charge in [-0.05, 0) is 42.9 Å². The molecule has 146 valence electrons. The Kier molecular flexibility index (Phi) is 8.86. The van der Waals surface area contributed by atoms with E-state index in [4.69, 9.17) is 4.99 Å². The van der Waals surface area contributed by atoms with Crippen molar-refractivity contribution >= 4 is 35.8 Å². The Morgan fingerprint density at radius 3 is 2.65 bits per heavy atom. The lowest BCUT2D eigenvalue weighted by molar-refractivity contribution is 0.0827. The van der Waals surface area contributed by atoms with Crippen molar-refractivity contribution in [2.45, 2.75) is 33.6 Å². The van der Waals surface area contributed by atoms with Crippen molar-refractivity contribution in [2.24, 2.45) is 10.4 Å². The number of carbonyl (C=O) groups excluding carboxylic acids is 1. The lowest BCUT2D eigenvalue weighted by Gasteiger charge is -2.23. The van der Waals surface area contributed by atoms with Crippen LogP contribution in [-0.2, 0) is 6.42 Å². The summed E-state index contributed by atoms with van der Waals surface area (Å²) in [4.78, 5) is 20.8. The molecule has 5 nitrogen and oxygen atoms in total. The first-order chi connectivity index (χ1) is 11.8. The van der Waals surface area contributed by atoms with E-state index in [9.17, 15) is 4.79 Å². The minimum absolute atomic E-state index is 0. The average molecular weight is 472 g/mol. The highest BCUT2D eigenvalue weighted by atomic mass is 127. The summed E-state index contributed by atoms with van der Waals surface area (Å²) >= 11 is 0. The molecule has 1 saturated heterocycles. The van der Waals surface area contributed by atoms with Crippen LogP contribution in [-0.4, -0.2) is 61.9 Å². The number of halogens is 1. The van der Waals surface area contributed by atoms with Gasteiger partial charge in [-0.15, -0.1) is 24.0 Å². The Labute approximate surface area is 175 Å². The second-order valence-electron chi connectivity index (χ2n) is 7.72. The molecule has 0 spiro atoms. The van der Waals surface area contributed by atoms with E-state index in [1.165, 1.54) is 6.42 Å². The van der Waals surface area contributed by atoms with E-state index in [-0.39, 0.29) is 29.9 Å². The maximum Gasteiger partial charge on any atom is 0.253 e. The fraction of sp³-hybridized carbons (Fsp3) is 0.600. The average Bonchev–Trinajstić information content (AvgIpc) is 2.93. The molecular weight excluding hydrogens is 439 g/mol. The molecule has 1 heterocycles. The number of amides is 1. The molecule has 1 aromatic carbocycles. The predicted octanol–water partition coefficient (Wildman–Crippen LogP) is 3.25. The maximum absolute atomic E-state index is 12.1. The van der Waals surface area contributed by atoms with Gasteiger partial charge in [0, 0.05) is 45.8 Å². The zero-order valence-corrected chi connectivity index (χ0v) is 19.0. The van der Waals surface area contributed by atoms with Crippen LogP contribution in [0, 0.1) is 5.41 Å². The van der Waals surface area contributed by atoms with Crippen molar-refractivity contribution in [3.63, 3.8) is 0 Å². The van der Waals surface area contributed by atoms with Crippen LogP contribution < -0.4 is 5.32 Å². The molecule has 0 aliphatic carbocycles. The normalized spacial score (nSPS) is 16.2. The number of nitrogens with one attached hydrogen (secondary N) is 1. The molecular formula is C20H33IN4O. The van der Waals surface area contributed by atoms with Crippen LogP contribution in [0.5, 0.6) is 0 Å². The summed E-state index contributed by atoms with van der Waals surface area (Å²) in [5, 5.41) is 3.41. The summed E-state index contributed by atoms with van der Waals surface area (Å²) in [6.07, 6.45) is 2.03. The lowest BCUT2D eigenvalue weighted by Crippen LogP contribution is -2.40. The SMILES string of the molecule is CCNC(=NCCc1cccc(C(=O)N(C)C)c1)N1CCC(C)(C)C1.I. The first-order valence-electron chi connectivity index (χ1n) is 9.16. The van der Waals surface area contributed by atoms with Gasteiger partial charge >= 0.3 is 0 Å². The summed E-state index contributed by atoms with van der Waals surface area (Å²) in [6.45, 7) is 10.4. The summed E-state index contributed by atoms with van der Waals surface area (Å²) in [7, 11) is 3.55. The third-order valence-electron chi connectivity index (χ3n) is 4.55. The Morgan fingerprint density at radius 2 is 2.08 bits per heavy atom. The van der Waals surface area contributed by atoms with E-state index in [1.807, 2.05) is 18.2 Å². The highest BCUT2D eigenvalue weighted by molar-refractivity contribution is 14.0. The van der Waals surface area contributed by atoms with Gasteiger partial charge in [-0.3, -0.25) is 9.79 Å². The molecule has 1 amide bonds. The lowest BCUT2D eigenvalue weighted by atomic mass is 9.93. The van der Waals surface area contributed by atoms with Crippen molar-refractivity contribution < 1.29 is 4.79 Å². The molecule has 2 rings (SSSR count). The molecule has 1 fully saturated rings. The number of carbonyl (C=O) groups is 1. The molecule has 0 aromatic heterocycles. The standard InChI is InChI=1S/C20H32N4O.HI/c1-6-21-19(24-13-11-20(2,3)15-24)22-12-10-16-8-7-9-17(14-16)18(25)23(4)5;/h7-9,14H,6,10-13,15H2,1-5H3,(H,21,22);1H. The zero-order valence-electron chi connectivity index (χ0n) is 16.7. The van der Waals surface area contributed by atoms with Crippen LogP contribution in [0.15, 0.2) is 29.3 Å². The van der Waals surface area contributed by atoms with Gasteiger partial charge in [-0.2, -0.15) is 0 Å². The van der Waals surface area contributed by atoms with Gasteiger partial charge in [-0.25, -0.2) is 0 Å². The number of guanidine groups is 1. The van der Waals surface area contributed by atoms with E-state index in [0.717, 1.165) is 49.7 Å². The van der Waals surface area contributed by atoms with Crippen LogP contribution in [0.25, 0.3) is 0 Å². The number of hydrogen-bond acceptors (Lipinski definition) is 2. The van der Waals surface area contributed by atoms with E-state index >= 15 is 0 Å². The number of rotatable bonds is 5. The Balaban J connectivity index is 0.00000338. The van der Waals surface area contributed by atoms with Gasteiger partial charge in [0.15, 0.2) is 5.96 Å². The van der Waals surface area contributed by atoms with Crippen LogP contribution >= 0.6 is 24.0 Å². The molecule has 0 saturated carbocycles. The smallest absolute Gasteiger partial charge is 0.253 e. The molecule has 0 atom stereocenters. The highest BCUT2D eigenvalue weighted by Gasteiger charge is 2.30. The molecule has 1 aliphatic heterocycles. The monoisotopic (exact) mass is 472 g/mol. The van der Waals surface area contributed by atoms with E-state index in [1.54, 1.807) is 19.0 Å². The first-order valence-corrected chi connectivity index (χ1v) is 9.16. The van der Waals surface area contributed by atoms with Crippen molar-refractivity contribution in [1.29, 1.82) is 0 Å².